The van der Waals surface area contributed by atoms with Gasteiger partial charge in [-0.15, -0.1) is 11.6 Å². The summed E-state index contributed by atoms with van der Waals surface area (Å²) in [5, 5.41) is -0.391. The number of nitrogens with zero attached hydrogens (tertiary/aromatic N) is 2. The van der Waals surface area contributed by atoms with E-state index in [9.17, 15) is 4.79 Å². The van der Waals surface area contributed by atoms with Gasteiger partial charge in [-0.2, -0.15) is 0 Å². The zero-order valence-electron chi connectivity index (χ0n) is 17.7. The van der Waals surface area contributed by atoms with Gasteiger partial charge in [0.15, 0.2) is 0 Å². The Morgan fingerprint density at radius 3 is 1.94 bits per heavy atom. The summed E-state index contributed by atoms with van der Waals surface area (Å²) in [5.74, 6) is -0.973. The Bertz CT molecular complexity index is 995. The van der Waals surface area contributed by atoms with Crippen LogP contribution in [0.25, 0.3) is 5.57 Å². The minimum absolute atomic E-state index is 0.145. The number of hydrogen-bond acceptors (Lipinski definition) is 5. The summed E-state index contributed by atoms with van der Waals surface area (Å²) >= 11 is 6.39. The molecule has 0 aliphatic heterocycles. The number of nitrogens with two attached hydrogens (primary N) is 1. The average molecular weight is 436 g/mol. The summed E-state index contributed by atoms with van der Waals surface area (Å²) in [6, 6.07) is 19.5. The van der Waals surface area contributed by atoms with Gasteiger partial charge >= 0.3 is 5.97 Å². The van der Waals surface area contributed by atoms with Crippen LogP contribution in [0.5, 0.6) is 0 Å². The molecule has 2 atom stereocenters. The average Bonchev–Trinajstić information content (AvgIpc) is 2.80. The largest absolute Gasteiger partial charge is 0.463 e. The monoisotopic (exact) mass is 435 g/mol. The van der Waals surface area contributed by atoms with Gasteiger partial charge in [0.05, 0.1) is 28.9 Å². The van der Waals surface area contributed by atoms with Crippen molar-refractivity contribution in [2.75, 3.05) is 13.2 Å². The molecule has 31 heavy (non-hydrogen) atoms. The number of carbonyl (C=O) groups is 1. The van der Waals surface area contributed by atoms with Gasteiger partial charge in [0, 0.05) is 30.4 Å². The fraction of sp³-hybridized carbons (Fsp3) is 0.240. The van der Waals surface area contributed by atoms with Crippen molar-refractivity contribution >= 4 is 23.1 Å². The number of carbonyl (C=O) groups excluding carboxylic acids is 1. The van der Waals surface area contributed by atoms with Crippen LogP contribution >= 0.6 is 11.6 Å². The van der Waals surface area contributed by atoms with Crippen LogP contribution in [-0.2, 0) is 9.53 Å². The van der Waals surface area contributed by atoms with Crippen LogP contribution in [0.2, 0.25) is 0 Å². The van der Waals surface area contributed by atoms with E-state index in [2.05, 4.69) is 9.97 Å². The van der Waals surface area contributed by atoms with E-state index in [0.29, 0.717) is 17.0 Å². The van der Waals surface area contributed by atoms with Crippen LogP contribution in [0.15, 0.2) is 78.6 Å². The molecule has 0 amide bonds. The standard InChI is InChI=1S/C25H26ClN3O2/c1-3-31-25(30)22(20(16-27)24-23(17(2)26)28-14-15-29-24)21(18-10-6-4-7-11-18)19-12-8-5-9-13-19/h4-15,17,20H,3,16,27H2,1-2H3. The van der Waals surface area contributed by atoms with Gasteiger partial charge in [-0.3, -0.25) is 9.97 Å². The number of rotatable bonds is 8. The summed E-state index contributed by atoms with van der Waals surface area (Å²) in [6.45, 7) is 4.00. The van der Waals surface area contributed by atoms with E-state index >= 15 is 0 Å². The van der Waals surface area contributed by atoms with Crippen molar-refractivity contribution in [1.29, 1.82) is 0 Å². The maximum Gasteiger partial charge on any atom is 0.335 e. The first-order valence-electron chi connectivity index (χ1n) is 10.3. The topological polar surface area (TPSA) is 78.1 Å². The van der Waals surface area contributed by atoms with Gasteiger partial charge in [0.2, 0.25) is 0 Å². The van der Waals surface area contributed by atoms with E-state index in [1.54, 1.807) is 19.3 Å². The first kappa shape index (κ1) is 22.7. The lowest BCUT2D eigenvalue weighted by Gasteiger charge is -2.24. The molecular weight excluding hydrogens is 410 g/mol. The highest BCUT2D eigenvalue weighted by atomic mass is 35.5. The number of halogens is 1. The van der Waals surface area contributed by atoms with Crippen LogP contribution in [0.3, 0.4) is 0 Å². The van der Waals surface area contributed by atoms with Crippen molar-refractivity contribution in [3.63, 3.8) is 0 Å². The lowest BCUT2D eigenvalue weighted by Crippen LogP contribution is -2.25. The first-order chi connectivity index (χ1) is 15.1. The number of benzene rings is 2. The fourth-order valence-electron chi connectivity index (χ4n) is 3.62. The van der Waals surface area contributed by atoms with Crippen LogP contribution in [-0.4, -0.2) is 29.1 Å². The second-order valence-electron chi connectivity index (χ2n) is 6.97. The molecule has 2 N–H and O–H groups in total. The van der Waals surface area contributed by atoms with E-state index in [1.807, 2.05) is 67.6 Å². The molecule has 3 aromatic rings. The van der Waals surface area contributed by atoms with Crippen molar-refractivity contribution in [1.82, 2.24) is 9.97 Å². The Hall–Kier alpha value is -3.02. The molecule has 0 radical (unpaired) electrons. The van der Waals surface area contributed by atoms with Crippen LogP contribution in [0.1, 0.15) is 47.7 Å². The molecule has 1 aromatic heterocycles. The van der Waals surface area contributed by atoms with E-state index in [-0.39, 0.29) is 13.2 Å². The molecule has 0 aliphatic rings. The molecular formula is C25H26ClN3O2. The van der Waals surface area contributed by atoms with Crippen molar-refractivity contribution in [2.24, 2.45) is 5.73 Å². The first-order valence-corrected chi connectivity index (χ1v) is 10.7. The number of ether oxygens (including phenoxy) is 1. The van der Waals surface area contributed by atoms with Gasteiger partial charge in [0.1, 0.15) is 0 Å². The summed E-state index contributed by atoms with van der Waals surface area (Å²) in [6.07, 6.45) is 3.18. The summed E-state index contributed by atoms with van der Waals surface area (Å²) < 4.78 is 5.50. The molecule has 160 valence electrons. The predicted octanol–water partition coefficient (Wildman–Crippen LogP) is 4.88. The molecule has 3 rings (SSSR count). The van der Waals surface area contributed by atoms with Crippen molar-refractivity contribution in [3.8, 4) is 0 Å². The van der Waals surface area contributed by atoms with E-state index in [4.69, 9.17) is 22.1 Å². The van der Waals surface area contributed by atoms with E-state index in [0.717, 1.165) is 16.7 Å². The highest BCUT2D eigenvalue weighted by Gasteiger charge is 2.31. The highest BCUT2D eigenvalue weighted by Crippen LogP contribution is 2.37. The zero-order valence-corrected chi connectivity index (χ0v) is 18.4. The maximum atomic E-state index is 13.4. The summed E-state index contributed by atoms with van der Waals surface area (Å²) in [4.78, 5) is 22.3. The number of aromatic nitrogens is 2. The third-order valence-corrected chi connectivity index (χ3v) is 5.14. The van der Waals surface area contributed by atoms with Gasteiger partial charge < -0.3 is 10.5 Å². The SMILES string of the molecule is CCOC(=O)C(=C(c1ccccc1)c1ccccc1)C(CN)c1nccnc1C(C)Cl. The van der Waals surface area contributed by atoms with Crippen LogP contribution in [0, 0.1) is 0 Å². The van der Waals surface area contributed by atoms with Crippen LogP contribution in [0.4, 0.5) is 0 Å². The van der Waals surface area contributed by atoms with Gasteiger partial charge in [-0.05, 0) is 25.0 Å². The molecule has 0 bridgehead atoms. The molecule has 0 aliphatic carbocycles. The molecule has 2 unspecified atom stereocenters. The lowest BCUT2D eigenvalue weighted by molar-refractivity contribution is -0.138. The maximum absolute atomic E-state index is 13.4. The quantitative estimate of drug-likeness (QED) is 0.310. The zero-order chi connectivity index (χ0) is 22.2. The highest BCUT2D eigenvalue weighted by molar-refractivity contribution is 6.20. The van der Waals surface area contributed by atoms with E-state index < -0.39 is 17.3 Å². The molecule has 0 saturated carbocycles. The second kappa shape index (κ2) is 10.8. The second-order valence-corrected chi connectivity index (χ2v) is 7.63. The van der Waals surface area contributed by atoms with Crippen LogP contribution < -0.4 is 5.73 Å². The Morgan fingerprint density at radius 1 is 0.968 bits per heavy atom. The minimum Gasteiger partial charge on any atom is -0.463 e. The third kappa shape index (κ3) is 5.19. The molecule has 0 fully saturated rings. The lowest BCUT2D eigenvalue weighted by atomic mass is 9.84. The Labute approximate surface area is 187 Å². The van der Waals surface area contributed by atoms with Gasteiger partial charge in [0.25, 0.3) is 0 Å². The smallest absolute Gasteiger partial charge is 0.335 e. The third-order valence-electron chi connectivity index (χ3n) is 4.94. The minimum atomic E-state index is -0.542. The van der Waals surface area contributed by atoms with Gasteiger partial charge in [-0.25, -0.2) is 4.79 Å². The Balaban J connectivity index is 2.36. The Kier molecular flexibility index (Phi) is 7.93. The number of esters is 1. The number of alkyl halides is 1. The van der Waals surface area contributed by atoms with Crippen molar-refractivity contribution in [2.45, 2.75) is 25.1 Å². The summed E-state index contributed by atoms with van der Waals surface area (Å²) in [7, 11) is 0. The summed E-state index contributed by atoms with van der Waals surface area (Å²) in [5.41, 5.74) is 10.4. The Morgan fingerprint density at radius 2 is 1.48 bits per heavy atom. The van der Waals surface area contributed by atoms with E-state index in [1.165, 1.54) is 0 Å². The van der Waals surface area contributed by atoms with Crippen molar-refractivity contribution in [3.05, 3.63) is 101 Å². The molecule has 2 aromatic carbocycles. The fourth-order valence-corrected chi connectivity index (χ4v) is 3.78. The molecule has 0 saturated heterocycles. The molecule has 0 spiro atoms. The molecule has 5 nitrogen and oxygen atoms in total. The molecule has 1 heterocycles. The van der Waals surface area contributed by atoms with Gasteiger partial charge in [-0.1, -0.05) is 60.7 Å². The van der Waals surface area contributed by atoms with Crippen molar-refractivity contribution < 1.29 is 9.53 Å². The predicted molar refractivity (Wildman–Crippen MR) is 124 cm³/mol. The number of hydrogen-bond donors (Lipinski definition) is 1. The molecule has 6 heteroatoms. The normalized spacial score (nSPS) is 12.6.